The number of benzene rings is 1. The Morgan fingerprint density at radius 1 is 1.48 bits per heavy atom. The molecule has 1 heterocycles. The van der Waals surface area contributed by atoms with Gasteiger partial charge in [-0.1, -0.05) is 13.0 Å². The Hall–Kier alpha value is -1.73. The fourth-order valence-corrected chi connectivity index (χ4v) is 2.47. The summed E-state index contributed by atoms with van der Waals surface area (Å²) < 4.78 is 25.2. The van der Waals surface area contributed by atoms with Crippen LogP contribution in [-0.2, 0) is 4.79 Å². The van der Waals surface area contributed by atoms with Crippen molar-refractivity contribution in [3.05, 3.63) is 23.8 Å². The smallest absolute Gasteiger partial charge is 0.255 e. The van der Waals surface area contributed by atoms with Gasteiger partial charge in [0.25, 0.3) is 6.43 Å². The predicted octanol–water partition coefficient (Wildman–Crippen LogP) is 1.35. The van der Waals surface area contributed by atoms with Gasteiger partial charge in [-0.05, 0) is 18.7 Å². The Morgan fingerprint density at radius 3 is 2.86 bits per heavy atom. The molecular formula is C14H19F2N3O2. The molecule has 3 N–H and O–H groups in total. The first-order valence-electron chi connectivity index (χ1n) is 6.89. The number of aliphatic hydroxyl groups excluding tert-OH is 1. The lowest BCUT2D eigenvalue weighted by molar-refractivity contribution is -0.117. The van der Waals surface area contributed by atoms with E-state index < -0.39 is 19.0 Å². The van der Waals surface area contributed by atoms with Crippen molar-refractivity contribution in [2.45, 2.75) is 19.4 Å². The highest BCUT2D eigenvalue weighted by molar-refractivity contribution is 6.03. The van der Waals surface area contributed by atoms with Gasteiger partial charge >= 0.3 is 0 Å². The van der Waals surface area contributed by atoms with Crippen LogP contribution in [0.5, 0.6) is 0 Å². The number of amides is 1. The van der Waals surface area contributed by atoms with E-state index >= 15 is 0 Å². The molecule has 0 aromatic heterocycles. The van der Waals surface area contributed by atoms with Gasteiger partial charge in [-0.3, -0.25) is 4.79 Å². The maximum atomic E-state index is 12.6. The van der Waals surface area contributed by atoms with Crippen molar-refractivity contribution in [3.8, 4) is 0 Å². The Morgan fingerprint density at radius 2 is 2.24 bits per heavy atom. The number of carbonyl (C=O) groups excluding carboxylic acids is 1. The van der Waals surface area contributed by atoms with Crippen LogP contribution in [0.4, 0.5) is 20.2 Å². The van der Waals surface area contributed by atoms with E-state index in [4.69, 9.17) is 5.11 Å². The van der Waals surface area contributed by atoms with Gasteiger partial charge in [0, 0.05) is 23.5 Å². The Balaban J connectivity index is 2.24. The largest absolute Gasteiger partial charge is 0.395 e. The molecule has 1 aromatic carbocycles. The number of carbonyl (C=O) groups is 1. The van der Waals surface area contributed by atoms with Crippen molar-refractivity contribution in [2.24, 2.45) is 0 Å². The summed E-state index contributed by atoms with van der Waals surface area (Å²) in [6.07, 6.45) is -2.49. The zero-order valence-corrected chi connectivity index (χ0v) is 11.8. The van der Waals surface area contributed by atoms with Crippen LogP contribution in [0.15, 0.2) is 18.2 Å². The molecule has 0 fully saturated rings. The van der Waals surface area contributed by atoms with Gasteiger partial charge in [0.1, 0.15) is 6.04 Å². The zero-order valence-electron chi connectivity index (χ0n) is 11.8. The molecule has 5 nitrogen and oxygen atoms in total. The molecule has 1 amide bonds. The SMILES string of the molecule is CCNC1C(=O)Nc2cc(N(CCO)CC(F)F)ccc21. The number of aliphatic hydroxyl groups is 1. The summed E-state index contributed by atoms with van der Waals surface area (Å²) in [6.45, 7) is 2.01. The van der Waals surface area contributed by atoms with E-state index in [1.54, 1.807) is 18.2 Å². The molecule has 21 heavy (non-hydrogen) atoms. The van der Waals surface area contributed by atoms with Crippen LogP contribution in [-0.4, -0.2) is 43.7 Å². The fourth-order valence-electron chi connectivity index (χ4n) is 2.47. The number of nitrogens with one attached hydrogen (secondary N) is 2. The van der Waals surface area contributed by atoms with Crippen LogP contribution in [0.25, 0.3) is 0 Å². The second-order valence-corrected chi connectivity index (χ2v) is 4.81. The lowest BCUT2D eigenvalue weighted by Gasteiger charge is -2.24. The van der Waals surface area contributed by atoms with Gasteiger partial charge in [-0.25, -0.2) is 8.78 Å². The highest BCUT2D eigenvalue weighted by Crippen LogP contribution is 2.34. The molecule has 1 aliphatic rings. The normalized spacial score (nSPS) is 17.0. The molecule has 7 heteroatoms. The number of halogens is 2. The molecule has 0 saturated heterocycles. The number of anilines is 2. The lowest BCUT2D eigenvalue weighted by atomic mass is 10.1. The average molecular weight is 299 g/mol. The maximum absolute atomic E-state index is 12.6. The number of fused-ring (bicyclic) bond motifs is 1. The molecule has 1 unspecified atom stereocenters. The third-order valence-electron chi connectivity index (χ3n) is 3.37. The van der Waals surface area contributed by atoms with E-state index in [0.29, 0.717) is 17.9 Å². The van der Waals surface area contributed by atoms with Gasteiger partial charge in [-0.15, -0.1) is 0 Å². The van der Waals surface area contributed by atoms with Gasteiger partial charge in [0.05, 0.1) is 13.2 Å². The van der Waals surface area contributed by atoms with E-state index in [-0.39, 0.29) is 19.1 Å². The predicted molar refractivity (Wildman–Crippen MR) is 76.8 cm³/mol. The van der Waals surface area contributed by atoms with Gasteiger partial charge < -0.3 is 20.6 Å². The summed E-state index contributed by atoms with van der Waals surface area (Å²) in [6, 6.07) is 4.72. The summed E-state index contributed by atoms with van der Waals surface area (Å²) in [5.74, 6) is -0.147. The Labute approximate surface area is 121 Å². The molecule has 0 radical (unpaired) electrons. The number of likely N-dealkylation sites (N-methyl/N-ethyl adjacent to an activating group) is 1. The molecule has 1 atom stereocenters. The van der Waals surface area contributed by atoms with Crippen LogP contribution < -0.4 is 15.5 Å². The third kappa shape index (κ3) is 3.48. The summed E-state index contributed by atoms with van der Waals surface area (Å²) in [4.78, 5) is 13.3. The van der Waals surface area contributed by atoms with Crippen LogP contribution in [0, 0.1) is 0 Å². The molecule has 0 bridgehead atoms. The number of alkyl halides is 2. The van der Waals surface area contributed by atoms with Crippen LogP contribution in [0.1, 0.15) is 18.5 Å². The van der Waals surface area contributed by atoms with Gasteiger partial charge in [0.2, 0.25) is 5.91 Å². The fraction of sp³-hybridized carbons (Fsp3) is 0.500. The number of hydrogen-bond acceptors (Lipinski definition) is 4. The highest BCUT2D eigenvalue weighted by Gasteiger charge is 2.30. The van der Waals surface area contributed by atoms with Crippen molar-refractivity contribution >= 4 is 17.3 Å². The standard InChI is InChI=1S/C14H19F2N3O2/c1-2-17-13-10-4-3-9(7-11(10)18-14(13)21)19(5-6-20)8-12(15)16/h3-4,7,12-13,17,20H,2,5-6,8H2,1H3,(H,18,21). The van der Waals surface area contributed by atoms with Gasteiger partial charge in [-0.2, -0.15) is 0 Å². The second-order valence-electron chi connectivity index (χ2n) is 4.81. The molecular weight excluding hydrogens is 280 g/mol. The molecule has 1 aromatic rings. The van der Waals surface area contributed by atoms with E-state index in [2.05, 4.69) is 10.6 Å². The maximum Gasteiger partial charge on any atom is 0.255 e. The Kier molecular flexibility index (Phi) is 5.08. The molecule has 0 spiro atoms. The number of rotatable bonds is 7. The van der Waals surface area contributed by atoms with E-state index in [1.807, 2.05) is 6.92 Å². The monoisotopic (exact) mass is 299 g/mol. The zero-order chi connectivity index (χ0) is 15.4. The number of hydrogen-bond donors (Lipinski definition) is 3. The molecule has 2 rings (SSSR count). The molecule has 0 saturated carbocycles. The first-order valence-corrected chi connectivity index (χ1v) is 6.89. The summed E-state index contributed by atoms with van der Waals surface area (Å²) >= 11 is 0. The van der Waals surface area contributed by atoms with Crippen LogP contribution in [0.3, 0.4) is 0 Å². The molecule has 116 valence electrons. The second kappa shape index (κ2) is 6.82. The first-order chi connectivity index (χ1) is 10.1. The quantitative estimate of drug-likeness (QED) is 0.711. The minimum Gasteiger partial charge on any atom is -0.395 e. The number of nitrogens with zero attached hydrogens (tertiary/aromatic N) is 1. The third-order valence-corrected chi connectivity index (χ3v) is 3.37. The lowest BCUT2D eigenvalue weighted by Crippen LogP contribution is -2.31. The minimum atomic E-state index is -2.49. The van der Waals surface area contributed by atoms with Crippen molar-refractivity contribution in [3.63, 3.8) is 0 Å². The minimum absolute atomic E-state index is 0.119. The first kappa shape index (κ1) is 15.7. The van der Waals surface area contributed by atoms with E-state index in [1.165, 1.54) is 4.90 Å². The van der Waals surface area contributed by atoms with Crippen molar-refractivity contribution < 1.29 is 18.7 Å². The summed E-state index contributed by atoms with van der Waals surface area (Å²) in [7, 11) is 0. The summed E-state index contributed by atoms with van der Waals surface area (Å²) in [5.41, 5.74) is 1.99. The van der Waals surface area contributed by atoms with Crippen molar-refractivity contribution in [1.82, 2.24) is 5.32 Å². The van der Waals surface area contributed by atoms with E-state index in [0.717, 1.165) is 5.56 Å². The Bertz CT molecular complexity index is 511. The van der Waals surface area contributed by atoms with Crippen molar-refractivity contribution in [1.29, 1.82) is 0 Å². The van der Waals surface area contributed by atoms with Crippen LogP contribution >= 0.6 is 0 Å². The molecule has 0 aliphatic carbocycles. The van der Waals surface area contributed by atoms with Gasteiger partial charge in [0.15, 0.2) is 0 Å². The highest BCUT2D eigenvalue weighted by atomic mass is 19.3. The van der Waals surface area contributed by atoms with E-state index in [9.17, 15) is 13.6 Å². The van der Waals surface area contributed by atoms with Crippen molar-refractivity contribution in [2.75, 3.05) is 36.5 Å². The average Bonchev–Trinajstić information content (AvgIpc) is 2.74. The topological polar surface area (TPSA) is 64.6 Å². The summed E-state index contributed by atoms with van der Waals surface area (Å²) in [5, 5.41) is 14.8. The molecule has 1 aliphatic heterocycles. The van der Waals surface area contributed by atoms with Crippen LogP contribution in [0.2, 0.25) is 0 Å².